The van der Waals surface area contributed by atoms with E-state index in [1.807, 2.05) is 0 Å². The first-order valence-electron chi connectivity index (χ1n) is 11.2. The second kappa shape index (κ2) is 16.7. The van der Waals surface area contributed by atoms with Gasteiger partial charge in [0.25, 0.3) is 0 Å². The minimum atomic E-state index is -1.40. The summed E-state index contributed by atoms with van der Waals surface area (Å²) >= 11 is 0. The van der Waals surface area contributed by atoms with Crippen molar-refractivity contribution < 1.29 is 15.3 Å². The highest BCUT2D eigenvalue weighted by molar-refractivity contribution is 4.99. The summed E-state index contributed by atoms with van der Waals surface area (Å²) in [6.45, 7) is 9.20. The number of rotatable bonds is 19. The molecule has 0 aliphatic heterocycles. The first-order chi connectivity index (χ1) is 13.0. The molecule has 0 spiro atoms. The van der Waals surface area contributed by atoms with Crippen LogP contribution in [0.3, 0.4) is 0 Å². The zero-order chi connectivity index (χ0) is 20.5. The Labute approximate surface area is 168 Å². The first kappa shape index (κ1) is 26.8. The van der Waals surface area contributed by atoms with Crippen LogP contribution in [0, 0.1) is 6.42 Å². The van der Waals surface area contributed by atoms with Gasteiger partial charge in [-0.25, -0.2) is 0 Å². The maximum absolute atomic E-state index is 10.4. The van der Waals surface area contributed by atoms with Gasteiger partial charge < -0.3 is 26.0 Å². The van der Waals surface area contributed by atoms with Gasteiger partial charge in [-0.2, -0.15) is 0 Å². The van der Waals surface area contributed by atoms with Crippen molar-refractivity contribution >= 4 is 0 Å². The van der Waals surface area contributed by atoms with Crippen molar-refractivity contribution in [1.82, 2.24) is 10.6 Å². The topological polar surface area (TPSA) is 84.8 Å². The van der Waals surface area contributed by atoms with Crippen molar-refractivity contribution in [2.75, 3.05) is 13.2 Å². The zero-order valence-electron chi connectivity index (χ0n) is 18.3. The van der Waals surface area contributed by atoms with E-state index in [2.05, 4.69) is 37.8 Å². The lowest BCUT2D eigenvalue weighted by molar-refractivity contribution is -0.0690. The van der Waals surface area contributed by atoms with E-state index < -0.39 is 17.9 Å². The summed E-state index contributed by atoms with van der Waals surface area (Å²) < 4.78 is 0. The van der Waals surface area contributed by atoms with Gasteiger partial charge >= 0.3 is 0 Å². The van der Waals surface area contributed by atoms with Crippen molar-refractivity contribution in [3.63, 3.8) is 0 Å². The van der Waals surface area contributed by atoms with Gasteiger partial charge in [0.05, 0.1) is 18.2 Å². The van der Waals surface area contributed by atoms with Crippen LogP contribution in [0.2, 0.25) is 0 Å². The molecule has 0 aromatic carbocycles. The third-order valence-corrected chi connectivity index (χ3v) is 5.58. The molecule has 0 saturated carbocycles. The smallest absolute Gasteiger partial charge is 0.166 e. The van der Waals surface area contributed by atoms with E-state index in [0.29, 0.717) is 0 Å². The van der Waals surface area contributed by atoms with Gasteiger partial charge in [-0.3, -0.25) is 0 Å². The third-order valence-electron chi connectivity index (χ3n) is 5.58. The monoisotopic (exact) mass is 387 g/mol. The van der Waals surface area contributed by atoms with Crippen LogP contribution in [0.4, 0.5) is 0 Å². The second-order valence-corrected chi connectivity index (χ2v) is 8.02. The Morgan fingerprint density at radius 2 is 1.67 bits per heavy atom. The van der Waals surface area contributed by atoms with Gasteiger partial charge in [0, 0.05) is 6.04 Å². The molecule has 0 saturated heterocycles. The van der Waals surface area contributed by atoms with E-state index in [0.717, 1.165) is 64.3 Å². The minimum absolute atomic E-state index is 0.0140. The number of aliphatic hydroxyl groups excluding tert-OH is 2. The molecule has 0 aromatic rings. The van der Waals surface area contributed by atoms with Crippen LogP contribution in [0.15, 0.2) is 0 Å². The van der Waals surface area contributed by atoms with E-state index >= 15 is 0 Å². The van der Waals surface area contributed by atoms with Gasteiger partial charge in [-0.05, 0) is 39.2 Å². The highest BCUT2D eigenvalue weighted by atomic mass is 16.5. The maximum atomic E-state index is 10.4. The second-order valence-electron chi connectivity index (χ2n) is 8.02. The Bertz CT molecular complexity index is 329. The van der Waals surface area contributed by atoms with E-state index in [9.17, 15) is 15.3 Å². The lowest BCUT2D eigenvalue weighted by Crippen LogP contribution is -2.64. The van der Waals surface area contributed by atoms with Crippen LogP contribution < -0.4 is 10.6 Å². The normalized spacial score (nSPS) is 16.4. The summed E-state index contributed by atoms with van der Waals surface area (Å²) in [5, 5.41) is 36.6. The lowest BCUT2D eigenvalue weighted by atomic mass is 9.81. The maximum Gasteiger partial charge on any atom is 0.166 e. The Kier molecular flexibility index (Phi) is 16.6. The SMILES string of the molecule is C[CH]CCCCCNC(CO)(CCCCC)C(CCCC)NC(C)C(O)O. The molecule has 0 heterocycles. The number of aliphatic hydroxyl groups is 3. The summed E-state index contributed by atoms with van der Waals surface area (Å²) in [6, 6.07) is -0.411. The predicted molar refractivity (Wildman–Crippen MR) is 115 cm³/mol. The molecule has 3 unspecified atom stereocenters. The Hall–Kier alpha value is -0.200. The molecule has 0 fully saturated rings. The van der Waals surface area contributed by atoms with E-state index in [4.69, 9.17) is 0 Å². The standard InChI is InChI=1S/C22H47N2O3/c1-5-8-11-12-14-17-23-22(18-25,16-13-9-6-2)20(15-10-7-3)24-19(4)21(26)27/h5,19-21,23-27H,6-18H2,1-4H3. The molecule has 27 heavy (non-hydrogen) atoms. The molecular formula is C22H47N2O3. The quantitative estimate of drug-likeness (QED) is 0.173. The minimum Gasteiger partial charge on any atom is -0.394 e. The fraction of sp³-hybridized carbons (Fsp3) is 0.955. The van der Waals surface area contributed by atoms with E-state index in [1.54, 1.807) is 6.92 Å². The Morgan fingerprint density at radius 3 is 2.22 bits per heavy atom. The molecule has 163 valence electrons. The number of nitrogens with one attached hydrogen (secondary N) is 2. The molecule has 5 heteroatoms. The summed E-state index contributed by atoms with van der Waals surface area (Å²) in [5.74, 6) is 0. The summed E-state index contributed by atoms with van der Waals surface area (Å²) in [6.07, 6.45) is 12.8. The predicted octanol–water partition coefficient (Wildman–Crippen LogP) is 3.52. The van der Waals surface area contributed by atoms with Gasteiger partial charge in [0.2, 0.25) is 0 Å². The average Bonchev–Trinajstić information content (AvgIpc) is 2.66. The van der Waals surface area contributed by atoms with Crippen molar-refractivity contribution in [3.05, 3.63) is 6.42 Å². The molecule has 0 aromatic heterocycles. The van der Waals surface area contributed by atoms with Gasteiger partial charge in [-0.15, -0.1) is 0 Å². The molecular weight excluding hydrogens is 340 g/mol. The zero-order valence-corrected chi connectivity index (χ0v) is 18.3. The van der Waals surface area contributed by atoms with Crippen molar-refractivity contribution in [2.24, 2.45) is 0 Å². The third kappa shape index (κ3) is 11.4. The molecule has 0 bridgehead atoms. The highest BCUT2D eigenvalue weighted by Gasteiger charge is 2.38. The first-order valence-corrected chi connectivity index (χ1v) is 11.2. The molecule has 3 atom stereocenters. The summed E-state index contributed by atoms with van der Waals surface area (Å²) in [5.41, 5.74) is -0.412. The average molecular weight is 388 g/mol. The van der Waals surface area contributed by atoms with Crippen LogP contribution in [0.1, 0.15) is 98.3 Å². The summed E-state index contributed by atoms with van der Waals surface area (Å²) in [4.78, 5) is 0. The van der Waals surface area contributed by atoms with Crippen LogP contribution >= 0.6 is 0 Å². The molecule has 0 amide bonds. The molecule has 5 nitrogen and oxygen atoms in total. The molecule has 0 rings (SSSR count). The Morgan fingerprint density at radius 1 is 0.963 bits per heavy atom. The fourth-order valence-corrected chi connectivity index (χ4v) is 3.64. The number of hydrogen-bond donors (Lipinski definition) is 5. The van der Waals surface area contributed by atoms with Crippen molar-refractivity contribution in [1.29, 1.82) is 0 Å². The Balaban J connectivity index is 5.10. The molecule has 1 radical (unpaired) electrons. The van der Waals surface area contributed by atoms with E-state index in [-0.39, 0.29) is 12.6 Å². The van der Waals surface area contributed by atoms with Crippen molar-refractivity contribution in [2.45, 2.75) is 122 Å². The highest BCUT2D eigenvalue weighted by Crippen LogP contribution is 2.24. The van der Waals surface area contributed by atoms with Crippen molar-refractivity contribution in [3.8, 4) is 0 Å². The molecule has 5 N–H and O–H groups in total. The van der Waals surface area contributed by atoms with Crippen LogP contribution in [-0.4, -0.2) is 52.4 Å². The van der Waals surface area contributed by atoms with Gasteiger partial charge in [-0.1, -0.05) is 72.1 Å². The van der Waals surface area contributed by atoms with Crippen LogP contribution in [0.25, 0.3) is 0 Å². The van der Waals surface area contributed by atoms with Gasteiger partial charge in [0.15, 0.2) is 6.29 Å². The fourth-order valence-electron chi connectivity index (χ4n) is 3.64. The number of hydrogen-bond acceptors (Lipinski definition) is 5. The largest absolute Gasteiger partial charge is 0.394 e. The lowest BCUT2D eigenvalue weighted by Gasteiger charge is -2.43. The number of unbranched alkanes of at least 4 members (excludes halogenated alkanes) is 7. The van der Waals surface area contributed by atoms with Gasteiger partial charge in [0.1, 0.15) is 0 Å². The molecule has 0 aliphatic carbocycles. The van der Waals surface area contributed by atoms with Crippen LogP contribution in [0.5, 0.6) is 0 Å². The molecule has 0 aliphatic rings. The van der Waals surface area contributed by atoms with E-state index in [1.165, 1.54) is 12.8 Å². The summed E-state index contributed by atoms with van der Waals surface area (Å²) in [7, 11) is 0. The van der Waals surface area contributed by atoms with Crippen LogP contribution in [-0.2, 0) is 0 Å².